The first-order valence-corrected chi connectivity index (χ1v) is 38.1. The maximum Gasteiger partial charge on any atom is 0.197 e. The van der Waals surface area contributed by atoms with Crippen LogP contribution in [0.3, 0.4) is 0 Å². The van der Waals surface area contributed by atoms with Gasteiger partial charge in [-0.25, -0.2) is 39.5 Å². The molecule has 14 heterocycles. The van der Waals surface area contributed by atoms with Crippen LogP contribution in [0.15, 0.2) is 244 Å². The number of benzene rings is 6. The van der Waals surface area contributed by atoms with Gasteiger partial charge in [0.2, 0.25) is 0 Å². The second kappa shape index (κ2) is 31.9. The number of alkyl halides is 1. The molecule has 0 saturated carbocycles. The fourth-order valence-electron chi connectivity index (χ4n) is 14.8. The van der Waals surface area contributed by atoms with E-state index >= 15 is 4.39 Å². The minimum Gasteiger partial charge on any atom is -0.495 e. The number of aromatic nitrogens is 20. The third-order valence-electron chi connectivity index (χ3n) is 21.4. The van der Waals surface area contributed by atoms with Crippen molar-refractivity contribution in [3.63, 3.8) is 0 Å². The third-order valence-corrected chi connectivity index (χ3v) is 21.4. The van der Waals surface area contributed by atoms with E-state index in [2.05, 4.69) is 83.1 Å². The van der Waals surface area contributed by atoms with Crippen molar-refractivity contribution < 1.29 is 49.0 Å². The van der Waals surface area contributed by atoms with Gasteiger partial charge in [0.15, 0.2) is 57.4 Å². The zero-order valence-corrected chi connectivity index (χ0v) is 66.4. The summed E-state index contributed by atoms with van der Waals surface area (Å²) in [5, 5.41) is 44.7. The minimum atomic E-state index is -2.14. The summed E-state index contributed by atoms with van der Waals surface area (Å²) < 4.78 is 150. The maximum absolute atomic E-state index is 16.1. The predicted molar refractivity (Wildman–Crippen MR) is 442 cm³/mol. The average Bonchev–Trinajstić information content (AvgIpc) is 1.61. The molecule has 0 fully saturated rings. The van der Waals surface area contributed by atoms with Crippen molar-refractivity contribution in [1.29, 1.82) is 0 Å². The van der Waals surface area contributed by atoms with Crippen LogP contribution in [0.2, 0.25) is 0 Å². The number of halogens is 9. The second-order valence-corrected chi connectivity index (χ2v) is 29.9. The maximum atomic E-state index is 16.1. The Morgan fingerprint density at radius 2 is 0.705 bits per heavy atom. The summed E-state index contributed by atoms with van der Waals surface area (Å²) in [5.74, 6) is -2.51. The van der Waals surface area contributed by atoms with Crippen LogP contribution in [0.5, 0.6) is 11.5 Å². The van der Waals surface area contributed by atoms with Gasteiger partial charge < -0.3 is 9.47 Å². The molecule has 0 bridgehead atoms. The summed E-state index contributed by atoms with van der Waals surface area (Å²) in [6.07, 6.45) is 20.5. The standard InChI is InChI=1S/C24H17F3N4.C23H14F4N4.2C22H19FN6O/c1-24(2,17-5-6-21-14(8-17)4-3-7-28-21)23-30-29-22-20(27)11-16(13-31(22)23)15-9-18(25)12-19(26)10-15;1-23(27,16-4-5-20-13(7-16)3-2-6-28-20)22-30-29-21-19(26)10-15(12-31(21)22)14-8-17(24)11-18(25)9-14;2*1-13(14-4-5-20-15(6-14)7-18(30-3)10-24-20)21-26-27-22-19(23)8-16(12-29(21)22)17-9-25-28(2)11-17/h3-13H,1-2H3;2-12H,1H3;2*4-13H,1-3H3/t;23-;2*13-/m.010/s1. The summed E-state index contributed by atoms with van der Waals surface area (Å²) in [5.41, 5.74) is 8.00. The Balaban J connectivity index is 0.000000116. The number of nitrogens with zero attached hydrogens (tertiary/aromatic N) is 20. The second-order valence-electron chi connectivity index (χ2n) is 29.9. The van der Waals surface area contributed by atoms with Crippen LogP contribution in [0.4, 0.5) is 39.5 Å². The van der Waals surface area contributed by atoms with Crippen molar-refractivity contribution >= 4 is 66.2 Å². The number of hydrogen-bond acceptors (Lipinski definition) is 16. The molecule has 0 aliphatic rings. The van der Waals surface area contributed by atoms with Gasteiger partial charge in [-0.3, -0.25) is 46.9 Å². The van der Waals surface area contributed by atoms with Gasteiger partial charge in [0.1, 0.15) is 52.2 Å². The highest BCUT2D eigenvalue weighted by molar-refractivity contribution is 5.83. The lowest BCUT2D eigenvalue weighted by molar-refractivity contribution is 0.234. The molecule has 0 spiro atoms. The Morgan fingerprint density at radius 1 is 0.336 bits per heavy atom. The molecule has 0 N–H and O–H groups in total. The van der Waals surface area contributed by atoms with Crippen molar-refractivity contribution in [2.45, 2.75) is 57.5 Å². The Kier molecular flexibility index (Phi) is 20.8. The van der Waals surface area contributed by atoms with Crippen LogP contribution in [0.25, 0.3) is 111 Å². The molecule has 3 atom stereocenters. The van der Waals surface area contributed by atoms with Crippen molar-refractivity contribution in [2.75, 3.05) is 14.2 Å². The highest BCUT2D eigenvalue weighted by Gasteiger charge is 2.36. The van der Waals surface area contributed by atoms with Crippen molar-refractivity contribution in [1.82, 2.24) is 97.9 Å². The fourth-order valence-corrected chi connectivity index (χ4v) is 14.8. The molecule has 14 aromatic heterocycles. The van der Waals surface area contributed by atoms with Gasteiger partial charge >= 0.3 is 0 Å². The molecule has 20 rings (SSSR count). The van der Waals surface area contributed by atoms with E-state index in [9.17, 15) is 35.1 Å². The Hall–Kier alpha value is -15.2. The lowest BCUT2D eigenvalue weighted by Crippen LogP contribution is -2.22. The number of ether oxygens (including phenoxy) is 2. The molecule has 0 aliphatic carbocycles. The number of methoxy groups -OCH3 is 2. The molecule has 0 amide bonds. The first kappa shape index (κ1) is 79.3. The molecule has 0 saturated heterocycles. The predicted octanol–water partition coefficient (Wildman–Crippen LogP) is 19.2. The van der Waals surface area contributed by atoms with Gasteiger partial charge in [-0.1, -0.05) is 50.2 Å². The molecule has 22 nitrogen and oxygen atoms in total. The Morgan fingerprint density at radius 3 is 1.13 bits per heavy atom. The molecule has 0 aliphatic heterocycles. The molecule has 6 aromatic carbocycles. The molecular weight excluding hydrogens is 1580 g/mol. The van der Waals surface area contributed by atoms with Crippen LogP contribution in [0, 0.1) is 46.5 Å². The monoisotopic (exact) mass is 1640 g/mol. The largest absolute Gasteiger partial charge is 0.495 e. The zero-order chi connectivity index (χ0) is 85.2. The van der Waals surface area contributed by atoms with Gasteiger partial charge in [-0.05, 0) is 175 Å². The topological polar surface area (TPSA) is 226 Å². The highest BCUT2D eigenvalue weighted by atomic mass is 19.2. The number of hydrogen-bond donors (Lipinski definition) is 0. The van der Waals surface area contributed by atoms with Crippen LogP contribution in [-0.2, 0) is 25.2 Å². The first-order chi connectivity index (χ1) is 58.7. The lowest BCUT2D eigenvalue weighted by atomic mass is 9.83. The van der Waals surface area contributed by atoms with Crippen LogP contribution in [0.1, 0.15) is 92.0 Å². The molecule has 31 heteroatoms. The van der Waals surface area contributed by atoms with Crippen molar-refractivity contribution in [3.05, 3.63) is 336 Å². The first-order valence-electron chi connectivity index (χ1n) is 38.1. The molecular formula is C91H69F9N20O2. The minimum absolute atomic E-state index is 0.0474. The number of pyridine rings is 8. The number of aryl methyl sites for hydroxylation is 2. The van der Waals surface area contributed by atoms with Crippen molar-refractivity contribution in [3.8, 4) is 56.0 Å². The third kappa shape index (κ3) is 15.4. The van der Waals surface area contributed by atoms with Gasteiger partial charge in [-0.2, -0.15) is 10.2 Å². The normalized spacial score (nSPS) is 12.7. The van der Waals surface area contributed by atoms with E-state index < -0.39 is 57.6 Å². The van der Waals surface area contributed by atoms with Gasteiger partial charge in [0, 0.05) is 143 Å². The van der Waals surface area contributed by atoms with Crippen molar-refractivity contribution in [2.24, 2.45) is 14.1 Å². The Labute approximate surface area is 687 Å². The van der Waals surface area contributed by atoms with E-state index in [4.69, 9.17) is 9.47 Å². The molecule has 20 aromatic rings. The molecule has 122 heavy (non-hydrogen) atoms. The lowest BCUT2D eigenvalue weighted by Gasteiger charge is -2.24. The van der Waals surface area contributed by atoms with Gasteiger partial charge in [0.05, 0.1) is 66.5 Å². The van der Waals surface area contributed by atoms with Crippen LogP contribution in [-0.4, -0.2) is 112 Å². The van der Waals surface area contributed by atoms with E-state index in [0.717, 1.165) is 108 Å². The Bertz CT molecular complexity index is 6970. The highest BCUT2D eigenvalue weighted by Crippen LogP contribution is 2.39. The van der Waals surface area contributed by atoms with Crippen LogP contribution >= 0.6 is 0 Å². The quantitative estimate of drug-likeness (QED) is 0.0922. The molecule has 608 valence electrons. The summed E-state index contributed by atoms with van der Waals surface area (Å²) in [7, 11) is 6.89. The fraction of sp³-hybridized carbons (Fsp3) is 0.143. The average molecular weight is 1650 g/mol. The zero-order valence-electron chi connectivity index (χ0n) is 66.4. The van der Waals surface area contributed by atoms with Gasteiger partial charge in [0.25, 0.3) is 0 Å². The van der Waals surface area contributed by atoms with E-state index in [0.29, 0.717) is 51.2 Å². The number of rotatable bonds is 14. The number of fused-ring (bicyclic) bond motifs is 8. The SMILES string of the molecule is CC(C)(c1ccc2ncccc2c1)c1nnc2c(F)cc(-c3cc(F)cc(F)c3)cn12.COc1cnc2ccc([C@@H](C)c3nnc4c(F)cc(-c5cnn(C)c5)cn34)cc2c1.COc1cnc2ccc([C@H](C)c3nnc4c(F)cc(-c5cnn(C)c5)cn34)cc2c1.C[C@](F)(c1ccc2ncccc2c1)c1nnc2c(F)cc(-c3cc(F)cc(F)c3)cn12. The summed E-state index contributed by atoms with van der Waals surface area (Å²) >= 11 is 0. The van der Waals surface area contributed by atoms with E-state index in [1.165, 1.54) is 35.7 Å². The molecule has 0 radical (unpaired) electrons. The summed E-state index contributed by atoms with van der Waals surface area (Å²) in [6, 6.07) is 45.3. The summed E-state index contributed by atoms with van der Waals surface area (Å²) in [4.78, 5) is 17.4. The summed E-state index contributed by atoms with van der Waals surface area (Å²) in [6.45, 7) is 9.29. The van der Waals surface area contributed by atoms with E-state index in [1.807, 2.05) is 133 Å². The van der Waals surface area contributed by atoms with E-state index in [1.54, 1.807) is 110 Å². The van der Waals surface area contributed by atoms with E-state index in [-0.39, 0.29) is 62.5 Å². The smallest absolute Gasteiger partial charge is 0.197 e. The molecule has 0 unspecified atom stereocenters. The van der Waals surface area contributed by atoms with Gasteiger partial charge in [-0.15, -0.1) is 40.8 Å². The van der Waals surface area contributed by atoms with Crippen LogP contribution < -0.4 is 9.47 Å².